The highest BCUT2D eigenvalue weighted by Gasteiger charge is 2.28. The van der Waals surface area contributed by atoms with Crippen LogP contribution in [0.3, 0.4) is 0 Å². The second kappa shape index (κ2) is 11.9. The van der Waals surface area contributed by atoms with E-state index in [9.17, 15) is 14.6 Å². The molecule has 0 aromatic rings. The van der Waals surface area contributed by atoms with Crippen molar-refractivity contribution in [2.45, 2.75) is 39.5 Å². The van der Waals surface area contributed by atoms with Crippen molar-refractivity contribution < 1.29 is 32.8 Å². The fraction of sp³-hybridized carbons (Fsp3) is 0.812. The summed E-state index contributed by atoms with van der Waals surface area (Å²) in [6.07, 6.45) is 3.91. The summed E-state index contributed by atoms with van der Waals surface area (Å²) in [5.74, 6) is -0.414. The van der Waals surface area contributed by atoms with Crippen LogP contribution in [0.5, 0.6) is 0 Å². The first-order valence-electron chi connectivity index (χ1n) is 8.36. The second-order valence-electron chi connectivity index (χ2n) is 6.49. The number of nitrogens with zero attached hydrogens (tertiary/aromatic N) is 1. The monoisotopic (exact) mass is 366 g/mol. The molecule has 0 heterocycles. The zero-order valence-corrected chi connectivity index (χ0v) is 16.3. The fourth-order valence-corrected chi connectivity index (χ4v) is 2.52. The van der Waals surface area contributed by atoms with Crippen LogP contribution in [0.25, 0.3) is 0 Å². The van der Waals surface area contributed by atoms with Gasteiger partial charge in [0.1, 0.15) is 26.3 Å². The van der Waals surface area contributed by atoms with E-state index < -0.39 is 14.1 Å². The Hall–Kier alpha value is -0.560. The van der Waals surface area contributed by atoms with Crippen molar-refractivity contribution in [1.82, 2.24) is 0 Å². The van der Waals surface area contributed by atoms with Crippen LogP contribution in [0.4, 0.5) is 0 Å². The molecular weight excluding hydrogens is 333 g/mol. The Balaban J connectivity index is 3.91. The molecule has 0 fully saturated rings. The number of hydrogen-bond donors (Lipinski definition) is 1. The Labute approximate surface area is 146 Å². The minimum atomic E-state index is -3.99. The van der Waals surface area contributed by atoms with Gasteiger partial charge in [0.05, 0.1) is 20.7 Å². The molecule has 1 atom stereocenters. The quantitative estimate of drug-likeness (QED) is 0.166. The zero-order valence-electron chi connectivity index (χ0n) is 15.5. The summed E-state index contributed by atoms with van der Waals surface area (Å²) in [7, 11) is -0.144. The van der Waals surface area contributed by atoms with Gasteiger partial charge in [-0.3, -0.25) is 0 Å². The molecule has 1 unspecified atom stereocenters. The van der Waals surface area contributed by atoms with Crippen molar-refractivity contribution in [3.63, 3.8) is 0 Å². The third-order valence-corrected chi connectivity index (χ3v) is 4.50. The van der Waals surface area contributed by atoms with Gasteiger partial charge >= 0.3 is 14.1 Å². The SMILES string of the molecule is C=C(C)C(=O)OCC[N+](C)(C)CCO[P+]([O-])(O)OCCCCCC. The Kier molecular flexibility index (Phi) is 11.6. The lowest BCUT2D eigenvalue weighted by Crippen LogP contribution is -2.45. The molecule has 0 aliphatic heterocycles. The molecule has 0 radical (unpaired) electrons. The lowest BCUT2D eigenvalue weighted by atomic mass is 10.2. The highest BCUT2D eigenvalue weighted by molar-refractivity contribution is 7.52. The van der Waals surface area contributed by atoms with Crippen LogP contribution in [0, 0.1) is 0 Å². The van der Waals surface area contributed by atoms with Crippen LogP contribution in [-0.4, -0.2) is 62.4 Å². The summed E-state index contributed by atoms with van der Waals surface area (Å²) in [4.78, 5) is 32.6. The third-order valence-electron chi connectivity index (χ3n) is 3.48. The summed E-state index contributed by atoms with van der Waals surface area (Å²) in [6.45, 7) is 8.83. The number of likely N-dealkylation sites (N-methyl/N-ethyl adjacent to an activating group) is 1. The molecule has 0 bridgehead atoms. The number of carbonyl (C=O) groups is 1. The molecule has 0 aliphatic carbocycles. The molecule has 0 saturated heterocycles. The summed E-state index contributed by atoms with van der Waals surface area (Å²) < 4.78 is 15.5. The van der Waals surface area contributed by atoms with E-state index in [1.165, 1.54) is 0 Å². The van der Waals surface area contributed by atoms with Crippen LogP contribution < -0.4 is 4.89 Å². The van der Waals surface area contributed by atoms with Crippen molar-refractivity contribution in [3.8, 4) is 0 Å². The number of unbranched alkanes of at least 4 members (excludes halogenated alkanes) is 3. The molecule has 0 rings (SSSR count). The molecule has 0 aliphatic rings. The average molecular weight is 366 g/mol. The normalized spacial score (nSPS) is 14.2. The van der Waals surface area contributed by atoms with Gasteiger partial charge in [-0.15, -0.1) is 0 Å². The first-order chi connectivity index (χ1) is 11.1. The number of hydrogen-bond acceptors (Lipinski definition) is 6. The number of phosphoric acid groups is 1. The van der Waals surface area contributed by atoms with Gasteiger partial charge in [-0.2, -0.15) is 13.9 Å². The lowest BCUT2D eigenvalue weighted by Gasteiger charge is -2.29. The van der Waals surface area contributed by atoms with Gasteiger partial charge in [-0.25, -0.2) is 4.79 Å². The van der Waals surface area contributed by atoms with Crippen LogP contribution >= 0.6 is 8.17 Å². The minimum Gasteiger partial charge on any atom is -0.606 e. The number of carbonyl (C=O) groups excluding carboxylic acids is 1. The van der Waals surface area contributed by atoms with Gasteiger partial charge in [-0.05, 0) is 13.3 Å². The highest BCUT2D eigenvalue weighted by atomic mass is 31.2. The van der Waals surface area contributed by atoms with E-state index in [1.54, 1.807) is 6.92 Å². The summed E-state index contributed by atoms with van der Waals surface area (Å²) in [5, 5.41) is 0. The van der Waals surface area contributed by atoms with Crippen molar-refractivity contribution in [1.29, 1.82) is 0 Å². The predicted molar refractivity (Wildman–Crippen MR) is 92.8 cm³/mol. The van der Waals surface area contributed by atoms with Crippen LogP contribution in [0.2, 0.25) is 0 Å². The summed E-state index contributed by atoms with van der Waals surface area (Å²) >= 11 is 0. The van der Waals surface area contributed by atoms with Gasteiger partial charge in [0.25, 0.3) is 0 Å². The van der Waals surface area contributed by atoms with Gasteiger partial charge in [0.2, 0.25) is 0 Å². The average Bonchev–Trinajstić information content (AvgIpc) is 2.46. The van der Waals surface area contributed by atoms with E-state index in [1.807, 2.05) is 14.1 Å². The Bertz CT molecular complexity index is 387. The molecule has 8 heteroatoms. The second-order valence-corrected chi connectivity index (χ2v) is 7.95. The maximum atomic E-state index is 11.7. The highest BCUT2D eigenvalue weighted by Crippen LogP contribution is 2.47. The minimum absolute atomic E-state index is 0.0875. The number of quaternary nitrogens is 1. The largest absolute Gasteiger partial charge is 0.606 e. The van der Waals surface area contributed by atoms with Crippen LogP contribution in [0.1, 0.15) is 39.5 Å². The van der Waals surface area contributed by atoms with E-state index in [4.69, 9.17) is 13.8 Å². The Morgan fingerprint density at radius 3 is 2.29 bits per heavy atom. The standard InChI is InChI=1S/C16H32NO6P/c1-6-7-8-9-12-22-24(19,20)23-14-11-17(4,5)10-13-21-16(18)15(2)3/h2,6-14H2,1,3-5H3/p+1. The first kappa shape index (κ1) is 23.4. The number of rotatable bonds is 14. The molecule has 142 valence electrons. The predicted octanol–water partition coefficient (Wildman–Crippen LogP) is 1.83. The van der Waals surface area contributed by atoms with E-state index in [-0.39, 0.29) is 19.8 Å². The molecule has 0 saturated carbocycles. The van der Waals surface area contributed by atoms with Crippen LogP contribution in [0.15, 0.2) is 12.2 Å². The molecule has 7 nitrogen and oxygen atoms in total. The van der Waals surface area contributed by atoms with Crippen LogP contribution in [-0.2, 0) is 18.6 Å². The van der Waals surface area contributed by atoms with Crippen molar-refractivity contribution in [2.24, 2.45) is 0 Å². The molecule has 0 aromatic carbocycles. The molecule has 0 spiro atoms. The molecule has 0 aromatic heterocycles. The van der Waals surface area contributed by atoms with Crippen molar-refractivity contribution in [3.05, 3.63) is 12.2 Å². The zero-order chi connectivity index (χ0) is 18.6. The Morgan fingerprint density at radius 1 is 1.12 bits per heavy atom. The Morgan fingerprint density at radius 2 is 1.71 bits per heavy atom. The van der Waals surface area contributed by atoms with E-state index in [2.05, 4.69) is 13.5 Å². The van der Waals surface area contributed by atoms with Gasteiger partial charge in [-0.1, -0.05) is 32.8 Å². The first-order valence-corrected chi connectivity index (χ1v) is 9.85. The number of ether oxygens (including phenoxy) is 1. The summed E-state index contributed by atoms with van der Waals surface area (Å²) in [5.41, 5.74) is 0.362. The van der Waals surface area contributed by atoms with Crippen molar-refractivity contribution in [2.75, 3.05) is 47.0 Å². The summed E-state index contributed by atoms with van der Waals surface area (Å²) in [6, 6.07) is 0. The number of esters is 1. The molecule has 1 N–H and O–H groups in total. The van der Waals surface area contributed by atoms with Gasteiger partial charge in [0, 0.05) is 5.57 Å². The topological polar surface area (TPSA) is 88.1 Å². The number of phosphoric ester groups is 1. The maximum Gasteiger partial charge on any atom is 0.377 e. The fourth-order valence-electron chi connectivity index (χ4n) is 1.77. The third kappa shape index (κ3) is 12.8. The van der Waals surface area contributed by atoms with Gasteiger partial charge < -0.3 is 14.1 Å². The smallest absolute Gasteiger partial charge is 0.377 e. The van der Waals surface area contributed by atoms with Gasteiger partial charge in [0.15, 0.2) is 0 Å². The molecule has 24 heavy (non-hydrogen) atoms. The van der Waals surface area contributed by atoms with E-state index in [0.29, 0.717) is 23.1 Å². The van der Waals surface area contributed by atoms with E-state index >= 15 is 0 Å². The molecule has 0 amide bonds. The maximum absolute atomic E-state index is 11.7. The van der Waals surface area contributed by atoms with E-state index in [0.717, 1.165) is 25.7 Å². The molecular formula is C16H33NO6P+. The van der Waals surface area contributed by atoms with Crippen molar-refractivity contribution >= 4 is 14.1 Å². The lowest BCUT2D eigenvalue weighted by molar-refractivity contribution is -0.890.